The van der Waals surface area contributed by atoms with Crippen LogP contribution in [0.5, 0.6) is 0 Å². The standard InChI is InChI=1S/C29H34Cl2N2O/c1-16(2)10-20-6-8-22(9-7-20)33-29-24-14-23(21-12-26(30)18(4)27(31)13-21)17(3)11-28(24)32-15-25(29)19(5)34/h11-16,20,22H,6-10H2,1-5H3,(H,32,33). The van der Waals surface area contributed by atoms with Crippen molar-refractivity contribution in [2.45, 2.75) is 72.8 Å². The van der Waals surface area contributed by atoms with Crippen LogP contribution in [0.4, 0.5) is 5.69 Å². The van der Waals surface area contributed by atoms with Gasteiger partial charge in [0.2, 0.25) is 0 Å². The highest BCUT2D eigenvalue weighted by Crippen LogP contribution is 2.38. The van der Waals surface area contributed by atoms with Gasteiger partial charge in [-0.1, -0.05) is 37.0 Å². The maximum absolute atomic E-state index is 12.6. The number of carbonyl (C=O) groups excluding carboxylic acids is 1. The number of hydrogen-bond acceptors (Lipinski definition) is 3. The van der Waals surface area contributed by atoms with Crippen molar-refractivity contribution in [2.24, 2.45) is 11.8 Å². The molecule has 0 radical (unpaired) electrons. The van der Waals surface area contributed by atoms with Crippen LogP contribution in [0.15, 0.2) is 30.5 Å². The van der Waals surface area contributed by atoms with Gasteiger partial charge in [-0.15, -0.1) is 0 Å². The minimum absolute atomic E-state index is 0.0222. The number of nitrogens with one attached hydrogen (secondary N) is 1. The number of aryl methyl sites for hydroxylation is 1. The summed E-state index contributed by atoms with van der Waals surface area (Å²) in [5, 5.41) is 6.02. The van der Waals surface area contributed by atoms with Crippen LogP contribution in [0.3, 0.4) is 0 Å². The molecule has 0 bridgehead atoms. The Morgan fingerprint density at radius 1 is 1.06 bits per heavy atom. The van der Waals surface area contributed by atoms with Crippen molar-refractivity contribution in [3.63, 3.8) is 0 Å². The Labute approximate surface area is 213 Å². The third-order valence-corrected chi connectivity index (χ3v) is 7.97. The fourth-order valence-corrected chi connectivity index (χ4v) is 5.78. The van der Waals surface area contributed by atoms with Gasteiger partial charge >= 0.3 is 0 Å². The van der Waals surface area contributed by atoms with Crippen LogP contribution < -0.4 is 5.32 Å². The molecule has 34 heavy (non-hydrogen) atoms. The summed E-state index contributed by atoms with van der Waals surface area (Å²) in [6, 6.07) is 8.50. The Kier molecular flexibility index (Phi) is 7.54. The molecule has 1 aliphatic carbocycles. The van der Waals surface area contributed by atoms with E-state index in [0.29, 0.717) is 21.7 Å². The Hall–Kier alpha value is -2.10. The van der Waals surface area contributed by atoms with Gasteiger partial charge in [-0.2, -0.15) is 0 Å². The van der Waals surface area contributed by atoms with Crippen molar-refractivity contribution < 1.29 is 4.79 Å². The average Bonchev–Trinajstić information content (AvgIpc) is 2.77. The van der Waals surface area contributed by atoms with Crippen molar-refractivity contribution in [2.75, 3.05) is 5.32 Å². The van der Waals surface area contributed by atoms with Gasteiger partial charge in [-0.25, -0.2) is 0 Å². The summed E-state index contributed by atoms with van der Waals surface area (Å²) >= 11 is 12.9. The molecular weight excluding hydrogens is 463 g/mol. The molecule has 2 aromatic carbocycles. The molecule has 180 valence electrons. The minimum Gasteiger partial charge on any atom is -0.381 e. The first kappa shape index (κ1) is 25.0. The lowest BCUT2D eigenvalue weighted by atomic mass is 9.81. The second-order valence-electron chi connectivity index (χ2n) is 10.3. The molecule has 1 aliphatic rings. The van der Waals surface area contributed by atoms with Gasteiger partial charge in [0.05, 0.1) is 16.8 Å². The molecule has 0 atom stereocenters. The Bertz CT molecular complexity index is 1200. The third-order valence-electron chi connectivity index (χ3n) is 7.19. The number of halogens is 2. The highest BCUT2D eigenvalue weighted by molar-refractivity contribution is 6.36. The molecular formula is C29H34Cl2N2O. The van der Waals surface area contributed by atoms with Gasteiger partial charge in [0.25, 0.3) is 0 Å². The largest absolute Gasteiger partial charge is 0.381 e. The summed E-state index contributed by atoms with van der Waals surface area (Å²) < 4.78 is 0. The van der Waals surface area contributed by atoms with Gasteiger partial charge in [0.1, 0.15) is 0 Å². The van der Waals surface area contributed by atoms with Gasteiger partial charge in [-0.3, -0.25) is 9.78 Å². The van der Waals surface area contributed by atoms with Crippen LogP contribution in [-0.4, -0.2) is 16.8 Å². The van der Waals surface area contributed by atoms with E-state index < -0.39 is 0 Å². The van der Waals surface area contributed by atoms with E-state index in [9.17, 15) is 4.79 Å². The fraction of sp³-hybridized carbons (Fsp3) is 0.448. The first-order valence-corrected chi connectivity index (χ1v) is 13.1. The molecule has 0 unspecified atom stereocenters. The van der Waals surface area contributed by atoms with Crippen LogP contribution in [-0.2, 0) is 0 Å². The van der Waals surface area contributed by atoms with Crippen molar-refractivity contribution in [3.05, 3.63) is 57.2 Å². The average molecular weight is 498 g/mol. The first-order valence-electron chi connectivity index (χ1n) is 12.3. The first-order chi connectivity index (χ1) is 16.1. The van der Waals surface area contributed by atoms with E-state index in [1.807, 2.05) is 19.1 Å². The van der Waals surface area contributed by atoms with E-state index in [4.69, 9.17) is 23.2 Å². The molecule has 0 aliphatic heterocycles. The highest BCUT2D eigenvalue weighted by Gasteiger charge is 2.24. The van der Waals surface area contributed by atoms with Crippen LogP contribution in [0.25, 0.3) is 22.0 Å². The molecule has 1 N–H and O–H groups in total. The summed E-state index contributed by atoms with van der Waals surface area (Å²) in [6.45, 7) is 10.2. The predicted octanol–water partition coefficient (Wildman–Crippen LogP) is 9.04. The summed E-state index contributed by atoms with van der Waals surface area (Å²) in [5.74, 6) is 1.58. The maximum atomic E-state index is 12.6. The zero-order valence-corrected chi connectivity index (χ0v) is 22.3. The van der Waals surface area contributed by atoms with Gasteiger partial charge < -0.3 is 5.32 Å². The lowest BCUT2D eigenvalue weighted by Gasteiger charge is -2.31. The number of fused-ring (bicyclic) bond motifs is 1. The summed E-state index contributed by atoms with van der Waals surface area (Å²) in [7, 11) is 0. The van der Waals surface area contributed by atoms with E-state index >= 15 is 0 Å². The number of benzene rings is 2. The quantitative estimate of drug-likeness (QED) is 0.346. The summed E-state index contributed by atoms with van der Waals surface area (Å²) in [5.41, 5.74) is 6.40. The SMILES string of the molecule is CC(=O)c1cnc2cc(C)c(-c3cc(Cl)c(C)c(Cl)c3)cc2c1NC1CCC(CC(C)C)CC1. The lowest BCUT2D eigenvalue weighted by Crippen LogP contribution is -2.27. The summed E-state index contributed by atoms with van der Waals surface area (Å²) in [4.78, 5) is 17.2. The number of Topliss-reactive ketones (excluding diaryl/α,β-unsaturated/α-hetero) is 1. The van der Waals surface area contributed by atoms with E-state index in [0.717, 1.165) is 63.5 Å². The lowest BCUT2D eigenvalue weighted by molar-refractivity contribution is 0.101. The molecule has 5 heteroatoms. The van der Waals surface area contributed by atoms with E-state index in [-0.39, 0.29) is 5.78 Å². The number of carbonyl (C=O) groups is 1. The number of hydrogen-bond donors (Lipinski definition) is 1. The topological polar surface area (TPSA) is 42.0 Å². The fourth-order valence-electron chi connectivity index (χ4n) is 5.29. The van der Waals surface area contributed by atoms with Crippen molar-refractivity contribution in [1.29, 1.82) is 0 Å². The van der Waals surface area contributed by atoms with Crippen molar-refractivity contribution in [1.82, 2.24) is 4.98 Å². The number of aromatic nitrogens is 1. The third kappa shape index (κ3) is 5.26. The molecule has 0 spiro atoms. The minimum atomic E-state index is 0.0222. The van der Waals surface area contributed by atoms with Crippen LogP contribution in [0, 0.1) is 25.7 Å². The van der Waals surface area contributed by atoms with Crippen LogP contribution in [0.2, 0.25) is 10.0 Å². The highest BCUT2D eigenvalue weighted by atomic mass is 35.5. The Morgan fingerprint density at radius 2 is 1.71 bits per heavy atom. The molecule has 1 aromatic heterocycles. The number of ketones is 1. The maximum Gasteiger partial charge on any atom is 0.163 e. The van der Waals surface area contributed by atoms with Crippen molar-refractivity contribution >= 4 is 45.6 Å². The molecule has 1 fully saturated rings. The van der Waals surface area contributed by atoms with E-state index in [1.54, 1.807) is 13.1 Å². The monoisotopic (exact) mass is 496 g/mol. The van der Waals surface area contributed by atoms with Crippen molar-refractivity contribution in [3.8, 4) is 11.1 Å². The molecule has 3 aromatic rings. The van der Waals surface area contributed by atoms with E-state index in [1.165, 1.54) is 19.3 Å². The second kappa shape index (κ2) is 10.3. The van der Waals surface area contributed by atoms with E-state index in [2.05, 4.69) is 43.2 Å². The van der Waals surface area contributed by atoms with Crippen LogP contribution in [0.1, 0.15) is 74.4 Å². The normalized spacial score (nSPS) is 18.5. The second-order valence-corrected chi connectivity index (χ2v) is 11.2. The molecule has 4 rings (SSSR count). The Morgan fingerprint density at radius 3 is 2.29 bits per heavy atom. The Balaban J connectivity index is 1.75. The molecule has 3 nitrogen and oxygen atoms in total. The molecule has 1 heterocycles. The smallest absolute Gasteiger partial charge is 0.163 e. The number of rotatable bonds is 6. The number of anilines is 1. The zero-order chi connectivity index (χ0) is 24.6. The van der Waals surface area contributed by atoms with Crippen LogP contribution >= 0.6 is 23.2 Å². The zero-order valence-electron chi connectivity index (χ0n) is 20.8. The molecule has 1 saturated carbocycles. The van der Waals surface area contributed by atoms with Gasteiger partial charge in [0, 0.05) is 27.7 Å². The predicted molar refractivity (Wildman–Crippen MR) is 146 cm³/mol. The molecule has 0 amide bonds. The number of pyridine rings is 1. The van der Waals surface area contributed by atoms with Gasteiger partial charge in [-0.05, 0) is 111 Å². The number of nitrogens with zero attached hydrogens (tertiary/aromatic N) is 1. The molecule has 0 saturated heterocycles. The van der Waals surface area contributed by atoms with Gasteiger partial charge in [0.15, 0.2) is 5.78 Å². The summed E-state index contributed by atoms with van der Waals surface area (Å²) in [6.07, 6.45) is 7.74.